The molecular weight excluding hydrogens is 435 g/mol. The van der Waals surface area contributed by atoms with Gasteiger partial charge >= 0.3 is 0 Å². The normalized spacial score (nSPS) is 11.6. The van der Waals surface area contributed by atoms with Crippen LogP contribution in [0.1, 0.15) is 5.76 Å². The van der Waals surface area contributed by atoms with Crippen LogP contribution in [-0.2, 0) is 15.6 Å². The fourth-order valence-electron chi connectivity index (χ4n) is 2.80. The highest BCUT2D eigenvalue weighted by Crippen LogP contribution is 2.31. The van der Waals surface area contributed by atoms with Gasteiger partial charge in [0.15, 0.2) is 15.6 Å². The van der Waals surface area contributed by atoms with Crippen LogP contribution in [0.15, 0.2) is 68.4 Å². The number of sulfone groups is 1. The van der Waals surface area contributed by atoms with E-state index in [2.05, 4.69) is 10.1 Å². The molecule has 7 nitrogen and oxygen atoms in total. The summed E-state index contributed by atoms with van der Waals surface area (Å²) in [6.07, 6.45) is 0. The molecule has 0 N–H and O–H groups in total. The molecule has 4 rings (SSSR count). The van der Waals surface area contributed by atoms with Crippen molar-refractivity contribution in [1.29, 1.82) is 0 Å². The molecule has 154 valence electrons. The van der Waals surface area contributed by atoms with Crippen LogP contribution in [0.3, 0.4) is 0 Å². The van der Waals surface area contributed by atoms with Gasteiger partial charge in [0.25, 0.3) is 5.89 Å². The molecule has 0 aliphatic carbocycles. The van der Waals surface area contributed by atoms with Crippen molar-refractivity contribution in [2.75, 3.05) is 7.11 Å². The van der Waals surface area contributed by atoms with Crippen LogP contribution in [0, 0.1) is 5.82 Å². The van der Waals surface area contributed by atoms with E-state index in [0.29, 0.717) is 5.56 Å². The van der Waals surface area contributed by atoms with Gasteiger partial charge in [-0.1, -0.05) is 28.9 Å². The number of methoxy groups -OCH3 is 1. The van der Waals surface area contributed by atoms with Gasteiger partial charge in [-0.2, -0.15) is 4.98 Å². The van der Waals surface area contributed by atoms with Gasteiger partial charge in [-0.25, -0.2) is 12.8 Å². The lowest BCUT2D eigenvalue weighted by molar-refractivity contribution is 0.402. The number of aromatic nitrogens is 2. The summed E-state index contributed by atoms with van der Waals surface area (Å²) in [6.45, 7) is 0. The van der Waals surface area contributed by atoms with Gasteiger partial charge in [-0.05, 0) is 42.5 Å². The zero-order valence-corrected chi connectivity index (χ0v) is 17.1. The Kier molecular flexibility index (Phi) is 5.31. The zero-order chi connectivity index (χ0) is 21.3. The van der Waals surface area contributed by atoms with Crippen LogP contribution in [0.4, 0.5) is 4.39 Å². The van der Waals surface area contributed by atoms with E-state index in [4.69, 9.17) is 25.3 Å². The van der Waals surface area contributed by atoms with Crippen molar-refractivity contribution in [3.8, 4) is 28.8 Å². The van der Waals surface area contributed by atoms with Crippen molar-refractivity contribution in [3.63, 3.8) is 0 Å². The fourth-order valence-corrected chi connectivity index (χ4v) is 4.48. The van der Waals surface area contributed by atoms with Crippen molar-refractivity contribution < 1.29 is 26.5 Å². The lowest BCUT2D eigenvalue weighted by atomic mass is 10.2. The van der Waals surface area contributed by atoms with Crippen LogP contribution in [0.25, 0.3) is 23.0 Å². The minimum absolute atomic E-state index is 0.0400. The van der Waals surface area contributed by atoms with Gasteiger partial charge < -0.3 is 13.7 Å². The maximum atomic E-state index is 13.4. The van der Waals surface area contributed by atoms with Crippen LogP contribution < -0.4 is 4.74 Å². The molecule has 30 heavy (non-hydrogen) atoms. The number of halogens is 2. The van der Waals surface area contributed by atoms with E-state index in [0.717, 1.165) is 0 Å². The van der Waals surface area contributed by atoms with E-state index >= 15 is 0 Å². The van der Waals surface area contributed by atoms with Crippen molar-refractivity contribution in [3.05, 3.63) is 71.2 Å². The third kappa shape index (κ3) is 4.07. The first-order valence-electron chi connectivity index (χ1n) is 8.61. The Morgan fingerprint density at radius 3 is 2.73 bits per heavy atom. The van der Waals surface area contributed by atoms with Crippen molar-refractivity contribution >= 4 is 21.4 Å². The fraction of sp³-hybridized carbons (Fsp3) is 0.100. The van der Waals surface area contributed by atoms with Gasteiger partial charge in [0.05, 0.1) is 7.11 Å². The zero-order valence-electron chi connectivity index (χ0n) is 15.5. The largest absolute Gasteiger partial charge is 0.495 e. The lowest BCUT2D eigenvalue weighted by Gasteiger charge is -2.09. The summed E-state index contributed by atoms with van der Waals surface area (Å²) in [5.41, 5.74) is 0.437. The number of furan rings is 1. The number of hydrogen-bond acceptors (Lipinski definition) is 7. The average molecular weight is 449 g/mol. The Bertz CT molecular complexity index is 1320. The Morgan fingerprint density at radius 1 is 1.13 bits per heavy atom. The van der Waals surface area contributed by atoms with Crippen molar-refractivity contribution in [1.82, 2.24) is 10.1 Å². The number of hydrogen-bond donors (Lipinski definition) is 0. The second-order valence-corrected chi connectivity index (χ2v) is 8.65. The Balaban J connectivity index is 1.59. The molecule has 0 radical (unpaired) electrons. The van der Waals surface area contributed by atoms with E-state index in [1.165, 1.54) is 55.6 Å². The highest BCUT2D eigenvalue weighted by molar-refractivity contribution is 7.90. The predicted molar refractivity (Wildman–Crippen MR) is 106 cm³/mol. The first-order valence-corrected chi connectivity index (χ1v) is 10.6. The molecule has 0 atom stereocenters. The van der Waals surface area contributed by atoms with E-state index in [1.54, 1.807) is 6.07 Å². The smallest absolute Gasteiger partial charge is 0.293 e. The van der Waals surface area contributed by atoms with Gasteiger partial charge in [0.2, 0.25) is 5.82 Å². The van der Waals surface area contributed by atoms with Gasteiger partial charge in [-0.3, -0.25) is 0 Å². The number of nitrogens with zero attached hydrogens (tertiary/aromatic N) is 2. The molecule has 0 saturated heterocycles. The minimum Gasteiger partial charge on any atom is -0.495 e. The number of benzene rings is 2. The lowest BCUT2D eigenvalue weighted by Crippen LogP contribution is -2.06. The summed E-state index contributed by atoms with van der Waals surface area (Å²) < 4.78 is 54.9. The van der Waals surface area contributed by atoms with Crippen LogP contribution in [0.5, 0.6) is 5.75 Å². The molecule has 2 aromatic heterocycles. The molecule has 0 spiro atoms. The highest BCUT2D eigenvalue weighted by Gasteiger charge is 2.23. The van der Waals surface area contributed by atoms with Gasteiger partial charge in [0, 0.05) is 10.6 Å². The maximum Gasteiger partial charge on any atom is 0.293 e. The maximum absolute atomic E-state index is 13.4. The third-order valence-corrected chi connectivity index (χ3v) is 6.06. The molecule has 2 heterocycles. The Morgan fingerprint density at radius 2 is 1.97 bits per heavy atom. The molecule has 0 unspecified atom stereocenters. The monoisotopic (exact) mass is 448 g/mol. The summed E-state index contributed by atoms with van der Waals surface area (Å²) in [6, 6.07) is 13.1. The van der Waals surface area contributed by atoms with Crippen molar-refractivity contribution in [2.24, 2.45) is 0 Å². The summed E-state index contributed by atoms with van der Waals surface area (Å²) in [5, 5.41) is 4.07. The molecule has 0 bridgehead atoms. The van der Waals surface area contributed by atoms with Gasteiger partial charge in [-0.15, -0.1) is 0 Å². The molecule has 0 fully saturated rings. The van der Waals surface area contributed by atoms with E-state index in [-0.39, 0.29) is 38.9 Å². The first-order chi connectivity index (χ1) is 14.4. The molecule has 0 aliphatic rings. The van der Waals surface area contributed by atoms with Crippen LogP contribution in [-0.4, -0.2) is 25.7 Å². The number of ether oxygens (including phenoxy) is 1. The van der Waals surface area contributed by atoms with E-state index in [1.807, 2.05) is 0 Å². The topological polar surface area (TPSA) is 95.4 Å². The molecule has 0 saturated carbocycles. The van der Waals surface area contributed by atoms with Crippen molar-refractivity contribution in [2.45, 2.75) is 10.6 Å². The quantitative estimate of drug-likeness (QED) is 0.419. The Hall–Kier alpha value is -3.17. The van der Waals surface area contributed by atoms with E-state index in [9.17, 15) is 12.8 Å². The second kappa shape index (κ2) is 7.92. The molecule has 0 aliphatic heterocycles. The molecule has 10 heteroatoms. The second-order valence-electron chi connectivity index (χ2n) is 6.25. The third-order valence-electron chi connectivity index (χ3n) is 4.17. The molecule has 0 amide bonds. The molecular formula is C20H14ClFN2O5S. The Labute approximate surface area is 176 Å². The standard InChI is InChI=1S/C20H14ClFN2O5S/c1-27-16-7-5-13(21)10-18(16)30(25,26)11-15-6-8-17(28-15)20-23-19(24-29-20)12-3-2-4-14(22)9-12/h2-10H,11H2,1H3. The first kappa shape index (κ1) is 20.1. The molecule has 4 aromatic rings. The minimum atomic E-state index is -3.80. The van der Waals surface area contributed by atoms with Gasteiger partial charge in [0.1, 0.15) is 28.0 Å². The SMILES string of the molecule is COc1ccc(Cl)cc1S(=O)(=O)Cc1ccc(-c2nc(-c3cccc(F)c3)no2)o1. The number of rotatable bonds is 6. The predicted octanol–water partition coefficient (Wildman–Crippen LogP) is 4.77. The average Bonchev–Trinajstić information content (AvgIpc) is 3.37. The summed E-state index contributed by atoms with van der Waals surface area (Å²) in [7, 11) is -2.43. The van der Waals surface area contributed by atoms with E-state index < -0.39 is 21.4 Å². The summed E-state index contributed by atoms with van der Waals surface area (Å²) >= 11 is 5.94. The van der Waals surface area contributed by atoms with Crippen LogP contribution >= 0.6 is 11.6 Å². The van der Waals surface area contributed by atoms with Crippen LogP contribution in [0.2, 0.25) is 5.02 Å². The highest BCUT2D eigenvalue weighted by atomic mass is 35.5. The summed E-state index contributed by atoms with van der Waals surface area (Å²) in [4.78, 5) is 4.13. The molecule has 2 aromatic carbocycles. The summed E-state index contributed by atoms with van der Waals surface area (Å²) in [5.74, 6) is -0.0965.